The van der Waals surface area contributed by atoms with Gasteiger partial charge in [0.1, 0.15) is 24.2 Å². The Balaban J connectivity index is 4.49. The minimum Gasteiger partial charge on any atom is -0.481 e. The Morgan fingerprint density at radius 1 is 0.382 bits per heavy atom. The zero-order valence-corrected chi connectivity index (χ0v) is 31.4. The van der Waals surface area contributed by atoms with E-state index in [9.17, 15) is 58.5 Å². The highest BCUT2D eigenvalue weighted by Crippen LogP contribution is 2.12. The van der Waals surface area contributed by atoms with Gasteiger partial charge in [0, 0.05) is 38.6 Å². The summed E-state index contributed by atoms with van der Waals surface area (Å²) in [6, 6.07) is -5.33. The third-order valence-corrected chi connectivity index (χ3v) is 8.67. The fraction of sp³-hybridized carbons (Fsp3) is 0.743. The van der Waals surface area contributed by atoms with E-state index in [2.05, 4.69) is 26.7 Å². The summed E-state index contributed by atoms with van der Waals surface area (Å²) in [5, 5.41) is 55.5. The summed E-state index contributed by atoms with van der Waals surface area (Å²) < 4.78 is 0. The molecule has 0 saturated carbocycles. The number of carbonyl (C=O) groups is 9. The molecule has 0 rings (SSSR count). The molecule has 0 heterocycles. The summed E-state index contributed by atoms with van der Waals surface area (Å²) in [5.41, 5.74) is 2.16. The molecule has 0 aromatic rings. The molecule has 55 heavy (non-hydrogen) atoms. The standard InChI is InChI=1S/C35H60N6O14/c36-41-26(35(54)55)13-11-12-22-37-27(42)19-16-23(32(48)49)39-29(44)21-18-25(34(52)53)40-30(45)20-17-24(33(50)51)38-28(43)14-9-7-5-3-1-2-4-6-8-10-15-31(46)47/h23-26,41H,1-22,36H2,(H,37,42)(H,38,43)(H,39,44)(H,40,45)(H,46,47)(H,48,49)(H,50,51)(H,52,53)(H,54,55)/t23-,24-,25-,26-/m0/s1. The number of aliphatic carboxylic acids is 5. The van der Waals surface area contributed by atoms with Gasteiger partial charge in [0.05, 0.1) is 0 Å². The maximum absolute atomic E-state index is 12.5. The molecule has 0 aliphatic heterocycles. The molecular formula is C35H60N6O14. The van der Waals surface area contributed by atoms with E-state index in [-0.39, 0.29) is 45.1 Å². The molecule has 0 bridgehead atoms. The first-order valence-corrected chi connectivity index (χ1v) is 18.8. The number of amides is 4. The van der Waals surface area contributed by atoms with Crippen molar-refractivity contribution in [3.05, 3.63) is 0 Å². The number of carboxylic acid groups (broad SMARTS) is 5. The molecule has 0 spiro atoms. The SMILES string of the molecule is NN[C@@H](CCCCNC(=O)CC[C@H](NC(=O)CC[C@H](NC(=O)CC[C@H](NC(=O)CCCCCCCCCCCCC(=O)O)C(=O)O)C(=O)O)C(=O)O)C(=O)O. The molecule has 314 valence electrons. The minimum atomic E-state index is -1.56. The van der Waals surface area contributed by atoms with Crippen molar-refractivity contribution in [3.8, 4) is 0 Å². The Bertz CT molecular complexity index is 1250. The van der Waals surface area contributed by atoms with Gasteiger partial charge in [-0.3, -0.25) is 34.6 Å². The average molecular weight is 789 g/mol. The van der Waals surface area contributed by atoms with Crippen LogP contribution in [0.2, 0.25) is 0 Å². The van der Waals surface area contributed by atoms with Crippen molar-refractivity contribution in [1.82, 2.24) is 26.7 Å². The fourth-order valence-corrected chi connectivity index (χ4v) is 5.44. The quantitative estimate of drug-likeness (QED) is 0.0242. The highest BCUT2D eigenvalue weighted by Gasteiger charge is 2.26. The first-order chi connectivity index (χ1) is 26.1. The minimum absolute atomic E-state index is 0.102. The maximum atomic E-state index is 12.5. The summed E-state index contributed by atoms with van der Waals surface area (Å²) in [6.45, 7) is 0.206. The maximum Gasteiger partial charge on any atom is 0.326 e. The highest BCUT2D eigenvalue weighted by molar-refractivity contribution is 5.87. The second-order valence-electron chi connectivity index (χ2n) is 13.3. The van der Waals surface area contributed by atoms with Gasteiger partial charge in [-0.1, -0.05) is 51.4 Å². The third-order valence-electron chi connectivity index (χ3n) is 8.67. The van der Waals surface area contributed by atoms with Crippen LogP contribution in [0.25, 0.3) is 0 Å². The lowest BCUT2D eigenvalue weighted by Crippen LogP contribution is -2.45. The summed E-state index contributed by atoms with van der Waals surface area (Å²) in [4.78, 5) is 106. The van der Waals surface area contributed by atoms with Crippen molar-refractivity contribution in [3.63, 3.8) is 0 Å². The molecule has 0 fully saturated rings. The second-order valence-corrected chi connectivity index (χ2v) is 13.3. The number of nitrogens with two attached hydrogens (primary N) is 1. The van der Waals surface area contributed by atoms with Crippen LogP contribution in [0.3, 0.4) is 0 Å². The van der Waals surface area contributed by atoms with Crippen LogP contribution in [0.1, 0.15) is 135 Å². The van der Waals surface area contributed by atoms with Crippen molar-refractivity contribution in [2.24, 2.45) is 5.84 Å². The Morgan fingerprint density at radius 3 is 1.09 bits per heavy atom. The summed E-state index contributed by atoms with van der Waals surface area (Å²) >= 11 is 0. The van der Waals surface area contributed by atoms with Crippen LogP contribution in [-0.4, -0.2) is 110 Å². The van der Waals surface area contributed by atoms with Gasteiger partial charge in [-0.2, -0.15) is 0 Å². The molecule has 0 unspecified atom stereocenters. The van der Waals surface area contributed by atoms with E-state index in [1.807, 2.05) is 0 Å². The topological polar surface area (TPSA) is 341 Å². The number of carboxylic acids is 5. The molecule has 4 amide bonds. The number of hydrogen-bond acceptors (Lipinski definition) is 11. The smallest absolute Gasteiger partial charge is 0.326 e. The van der Waals surface area contributed by atoms with Crippen LogP contribution < -0.4 is 32.5 Å². The van der Waals surface area contributed by atoms with Crippen LogP contribution in [0, 0.1) is 0 Å². The molecule has 0 aliphatic rings. The number of rotatable bonds is 35. The van der Waals surface area contributed by atoms with E-state index in [4.69, 9.17) is 16.1 Å². The van der Waals surface area contributed by atoms with Gasteiger partial charge < -0.3 is 46.8 Å². The van der Waals surface area contributed by atoms with Gasteiger partial charge in [0.2, 0.25) is 23.6 Å². The van der Waals surface area contributed by atoms with Crippen molar-refractivity contribution in [1.29, 1.82) is 0 Å². The van der Waals surface area contributed by atoms with Gasteiger partial charge in [0.25, 0.3) is 0 Å². The highest BCUT2D eigenvalue weighted by atomic mass is 16.4. The Kier molecular flexibility index (Phi) is 27.8. The monoisotopic (exact) mass is 788 g/mol. The van der Waals surface area contributed by atoms with Gasteiger partial charge in [0.15, 0.2) is 0 Å². The van der Waals surface area contributed by atoms with E-state index in [0.717, 1.165) is 51.4 Å². The van der Waals surface area contributed by atoms with Crippen molar-refractivity contribution >= 4 is 53.5 Å². The van der Waals surface area contributed by atoms with E-state index < -0.39 is 96.9 Å². The first kappa shape index (κ1) is 50.1. The molecule has 0 saturated heterocycles. The predicted octanol–water partition coefficient (Wildman–Crippen LogP) is 1.00. The second kappa shape index (κ2) is 30.5. The number of hydrogen-bond donors (Lipinski definition) is 11. The number of nitrogens with one attached hydrogen (secondary N) is 5. The Hall–Kier alpha value is -4.85. The molecule has 12 N–H and O–H groups in total. The zero-order valence-electron chi connectivity index (χ0n) is 31.4. The third kappa shape index (κ3) is 27.4. The summed E-state index contributed by atoms with van der Waals surface area (Å²) in [5.74, 6) is -3.68. The van der Waals surface area contributed by atoms with Crippen molar-refractivity contribution in [2.75, 3.05) is 6.54 Å². The lowest BCUT2D eigenvalue weighted by Gasteiger charge is -2.18. The van der Waals surface area contributed by atoms with Crippen molar-refractivity contribution in [2.45, 2.75) is 159 Å². The molecule has 20 nitrogen and oxygen atoms in total. The van der Waals surface area contributed by atoms with Gasteiger partial charge >= 0.3 is 29.8 Å². The lowest BCUT2D eigenvalue weighted by molar-refractivity contribution is -0.144. The zero-order chi connectivity index (χ0) is 41.6. The fourth-order valence-electron chi connectivity index (χ4n) is 5.44. The molecule has 0 aromatic carbocycles. The van der Waals surface area contributed by atoms with Crippen LogP contribution in [0.4, 0.5) is 0 Å². The number of unbranched alkanes of at least 4 members (excludes halogenated alkanes) is 10. The molecule has 20 heteroatoms. The van der Waals surface area contributed by atoms with Crippen molar-refractivity contribution < 1.29 is 68.7 Å². The predicted molar refractivity (Wildman–Crippen MR) is 195 cm³/mol. The summed E-state index contributed by atoms with van der Waals surface area (Å²) in [7, 11) is 0. The molecular weight excluding hydrogens is 728 g/mol. The largest absolute Gasteiger partial charge is 0.481 e. The van der Waals surface area contributed by atoms with Gasteiger partial charge in [-0.05, 0) is 51.4 Å². The van der Waals surface area contributed by atoms with Gasteiger partial charge in [-0.25, -0.2) is 19.8 Å². The van der Waals surface area contributed by atoms with E-state index >= 15 is 0 Å². The number of hydrazine groups is 1. The lowest BCUT2D eigenvalue weighted by atomic mass is 10.0. The van der Waals surface area contributed by atoms with Crippen LogP contribution in [-0.2, 0) is 43.2 Å². The van der Waals surface area contributed by atoms with E-state index in [0.29, 0.717) is 25.7 Å². The van der Waals surface area contributed by atoms with Crippen LogP contribution in [0.15, 0.2) is 0 Å². The normalized spacial score (nSPS) is 13.0. The van der Waals surface area contributed by atoms with E-state index in [1.54, 1.807) is 0 Å². The van der Waals surface area contributed by atoms with E-state index in [1.165, 1.54) is 0 Å². The Labute approximate surface area is 320 Å². The Morgan fingerprint density at radius 2 is 0.727 bits per heavy atom. The molecule has 4 atom stereocenters. The first-order valence-electron chi connectivity index (χ1n) is 18.8. The van der Waals surface area contributed by atoms with Crippen LogP contribution >= 0.6 is 0 Å². The average Bonchev–Trinajstić information content (AvgIpc) is 3.11. The molecule has 0 radical (unpaired) electrons. The van der Waals surface area contributed by atoms with Crippen LogP contribution in [0.5, 0.6) is 0 Å². The molecule has 0 aromatic heterocycles. The summed E-state index contributed by atoms with van der Waals surface area (Å²) in [6.07, 6.45) is 8.18. The van der Waals surface area contributed by atoms with Gasteiger partial charge in [-0.15, -0.1) is 0 Å². The number of carbonyl (C=O) groups excluding carboxylic acids is 4. The molecule has 0 aliphatic carbocycles.